The zero-order chi connectivity index (χ0) is 20.0. The third-order valence-corrected chi connectivity index (χ3v) is 6.79. The summed E-state index contributed by atoms with van der Waals surface area (Å²) in [7, 11) is 0. The van der Waals surface area contributed by atoms with E-state index in [1.54, 1.807) is 6.07 Å². The zero-order valence-corrected chi connectivity index (χ0v) is 17.4. The van der Waals surface area contributed by atoms with E-state index in [2.05, 4.69) is 23.5 Å². The van der Waals surface area contributed by atoms with Gasteiger partial charge in [-0.25, -0.2) is 0 Å². The average Bonchev–Trinajstić information content (AvgIpc) is 3.23. The second-order valence-electron chi connectivity index (χ2n) is 7.82. The fourth-order valence-corrected chi connectivity index (χ4v) is 5.32. The number of allylic oxidation sites excluding steroid dienone is 2. The van der Waals surface area contributed by atoms with Crippen molar-refractivity contribution in [3.8, 4) is 0 Å². The summed E-state index contributed by atoms with van der Waals surface area (Å²) >= 11 is 12.7. The molecule has 1 saturated heterocycles. The number of ether oxygens (including phenoxy) is 1. The number of benzene rings is 2. The number of rotatable bonds is 2. The molecule has 1 N–H and O–H groups in total. The lowest BCUT2D eigenvalue weighted by Gasteiger charge is -2.39. The molecule has 5 rings (SSSR count). The van der Waals surface area contributed by atoms with Crippen LogP contribution in [-0.4, -0.2) is 37.1 Å². The van der Waals surface area contributed by atoms with Crippen LogP contribution in [0.1, 0.15) is 39.9 Å². The molecule has 1 aliphatic carbocycles. The molecule has 3 atom stereocenters. The SMILES string of the molecule is O=C(c1cccc2c1N[C@H](c1ccc(Cl)cc1Cl)[C@H]1CC=C[C@H]21)N1CCOCC1. The molecule has 3 aliphatic rings. The number of fused-ring (bicyclic) bond motifs is 3. The summed E-state index contributed by atoms with van der Waals surface area (Å²) in [6.07, 6.45) is 5.48. The molecule has 29 heavy (non-hydrogen) atoms. The van der Waals surface area contributed by atoms with Gasteiger partial charge in [0.2, 0.25) is 0 Å². The van der Waals surface area contributed by atoms with Crippen molar-refractivity contribution < 1.29 is 9.53 Å². The number of nitrogens with zero attached hydrogens (tertiary/aromatic N) is 1. The van der Waals surface area contributed by atoms with Gasteiger partial charge in [-0.05, 0) is 41.7 Å². The molecule has 0 unspecified atom stereocenters. The third-order valence-electron chi connectivity index (χ3n) is 6.22. The lowest BCUT2D eigenvalue weighted by Crippen LogP contribution is -2.41. The molecule has 1 amide bonds. The molecule has 0 saturated carbocycles. The van der Waals surface area contributed by atoms with Gasteiger partial charge >= 0.3 is 0 Å². The van der Waals surface area contributed by atoms with Crippen molar-refractivity contribution in [1.29, 1.82) is 0 Å². The van der Waals surface area contributed by atoms with Crippen LogP contribution in [-0.2, 0) is 4.74 Å². The van der Waals surface area contributed by atoms with Gasteiger partial charge in [0.25, 0.3) is 5.91 Å². The van der Waals surface area contributed by atoms with E-state index in [0.29, 0.717) is 42.3 Å². The summed E-state index contributed by atoms with van der Waals surface area (Å²) < 4.78 is 5.41. The molecule has 0 spiro atoms. The molecule has 150 valence electrons. The molecule has 0 radical (unpaired) electrons. The summed E-state index contributed by atoms with van der Waals surface area (Å²) in [5, 5.41) is 4.97. The Labute approximate surface area is 180 Å². The van der Waals surface area contributed by atoms with Gasteiger partial charge in [0, 0.05) is 29.1 Å². The third kappa shape index (κ3) is 3.33. The van der Waals surface area contributed by atoms with Crippen molar-refractivity contribution in [3.63, 3.8) is 0 Å². The maximum absolute atomic E-state index is 13.3. The van der Waals surface area contributed by atoms with Crippen LogP contribution in [0.2, 0.25) is 10.0 Å². The lowest BCUT2D eigenvalue weighted by atomic mass is 9.76. The lowest BCUT2D eigenvalue weighted by molar-refractivity contribution is 0.0303. The smallest absolute Gasteiger partial charge is 0.256 e. The van der Waals surface area contributed by atoms with Gasteiger partial charge < -0.3 is 15.0 Å². The molecule has 6 heteroatoms. The number of halogens is 2. The van der Waals surface area contributed by atoms with Crippen LogP contribution in [0.5, 0.6) is 0 Å². The minimum absolute atomic E-state index is 0.0194. The minimum Gasteiger partial charge on any atom is -0.378 e. The molecular formula is C23H22Cl2N2O2. The maximum atomic E-state index is 13.3. The van der Waals surface area contributed by atoms with Gasteiger partial charge in [-0.3, -0.25) is 4.79 Å². The van der Waals surface area contributed by atoms with Gasteiger partial charge in [-0.1, -0.05) is 53.6 Å². The quantitative estimate of drug-likeness (QED) is 0.660. The number of carbonyl (C=O) groups excluding carboxylic acids is 1. The fourth-order valence-electron chi connectivity index (χ4n) is 4.80. The summed E-state index contributed by atoms with van der Waals surface area (Å²) in [5.41, 5.74) is 3.85. The van der Waals surface area contributed by atoms with E-state index in [-0.39, 0.29) is 17.9 Å². The monoisotopic (exact) mass is 428 g/mol. The highest BCUT2D eigenvalue weighted by atomic mass is 35.5. The maximum Gasteiger partial charge on any atom is 0.256 e. The summed E-state index contributed by atoms with van der Waals surface area (Å²) in [5.74, 6) is 0.675. The summed E-state index contributed by atoms with van der Waals surface area (Å²) in [6, 6.07) is 11.7. The number of amides is 1. The topological polar surface area (TPSA) is 41.6 Å². The predicted octanol–water partition coefficient (Wildman–Crippen LogP) is 5.29. The van der Waals surface area contributed by atoms with Crippen LogP contribution in [0.25, 0.3) is 0 Å². The van der Waals surface area contributed by atoms with Crippen molar-refractivity contribution in [1.82, 2.24) is 4.90 Å². The summed E-state index contributed by atoms with van der Waals surface area (Å²) in [6.45, 7) is 2.43. The van der Waals surface area contributed by atoms with Gasteiger partial charge in [0.1, 0.15) is 0 Å². The van der Waals surface area contributed by atoms with Crippen molar-refractivity contribution in [2.45, 2.75) is 18.4 Å². The molecule has 2 aromatic rings. The second kappa shape index (κ2) is 7.67. The summed E-state index contributed by atoms with van der Waals surface area (Å²) in [4.78, 5) is 15.2. The van der Waals surface area contributed by atoms with Crippen LogP contribution < -0.4 is 5.32 Å². The Morgan fingerprint density at radius 2 is 1.93 bits per heavy atom. The van der Waals surface area contributed by atoms with Crippen LogP contribution >= 0.6 is 23.2 Å². The molecule has 0 bridgehead atoms. The average molecular weight is 429 g/mol. The Morgan fingerprint density at radius 3 is 2.72 bits per heavy atom. The molecule has 2 heterocycles. The Hall–Kier alpha value is -2.01. The fraction of sp³-hybridized carbons (Fsp3) is 0.348. The first kappa shape index (κ1) is 19.0. The van der Waals surface area contributed by atoms with Gasteiger partial charge in [-0.2, -0.15) is 0 Å². The minimum atomic E-state index is 0.0194. The van der Waals surface area contributed by atoms with E-state index in [4.69, 9.17) is 27.9 Å². The number of nitrogens with one attached hydrogen (secondary N) is 1. The Bertz CT molecular complexity index is 985. The van der Waals surface area contributed by atoms with E-state index < -0.39 is 0 Å². The molecule has 4 nitrogen and oxygen atoms in total. The van der Waals surface area contributed by atoms with Crippen LogP contribution in [0.4, 0.5) is 5.69 Å². The van der Waals surface area contributed by atoms with Crippen molar-refractivity contribution in [2.75, 3.05) is 31.6 Å². The number of hydrogen-bond acceptors (Lipinski definition) is 3. The van der Waals surface area contributed by atoms with E-state index in [1.165, 1.54) is 5.56 Å². The molecule has 2 aromatic carbocycles. The van der Waals surface area contributed by atoms with Crippen molar-refractivity contribution in [3.05, 3.63) is 75.3 Å². The van der Waals surface area contributed by atoms with Gasteiger partial charge in [0.15, 0.2) is 0 Å². The number of morpholine rings is 1. The highest BCUT2D eigenvalue weighted by Gasteiger charge is 2.40. The number of carbonyl (C=O) groups is 1. The number of hydrogen-bond donors (Lipinski definition) is 1. The zero-order valence-electron chi connectivity index (χ0n) is 15.9. The largest absolute Gasteiger partial charge is 0.378 e. The Balaban J connectivity index is 1.57. The van der Waals surface area contributed by atoms with Crippen molar-refractivity contribution in [2.24, 2.45) is 5.92 Å². The van der Waals surface area contributed by atoms with E-state index in [1.807, 2.05) is 29.2 Å². The van der Waals surface area contributed by atoms with E-state index in [0.717, 1.165) is 23.2 Å². The molecule has 1 fully saturated rings. The van der Waals surface area contributed by atoms with Gasteiger partial charge in [-0.15, -0.1) is 0 Å². The second-order valence-corrected chi connectivity index (χ2v) is 8.66. The Morgan fingerprint density at radius 1 is 1.10 bits per heavy atom. The van der Waals surface area contributed by atoms with E-state index >= 15 is 0 Å². The first-order valence-corrected chi connectivity index (χ1v) is 10.8. The standard InChI is InChI=1S/C23H22Cl2N2O2/c24-14-7-8-18(20(25)13-14)21-16-4-1-3-15(16)17-5-2-6-19(22(17)26-21)23(28)27-9-11-29-12-10-27/h1-3,5-8,13,15-16,21,26H,4,9-12H2/t15-,16-,21-/m0/s1. The Kier molecular flexibility index (Phi) is 5.02. The van der Waals surface area contributed by atoms with Crippen LogP contribution in [0.15, 0.2) is 48.6 Å². The van der Waals surface area contributed by atoms with Crippen LogP contribution in [0, 0.1) is 5.92 Å². The highest BCUT2D eigenvalue weighted by Crippen LogP contribution is 2.51. The van der Waals surface area contributed by atoms with Gasteiger partial charge in [0.05, 0.1) is 30.5 Å². The van der Waals surface area contributed by atoms with E-state index in [9.17, 15) is 4.79 Å². The molecule has 2 aliphatic heterocycles. The first-order valence-electron chi connectivity index (χ1n) is 10.0. The number of para-hydroxylation sites is 1. The van der Waals surface area contributed by atoms with Crippen molar-refractivity contribution >= 4 is 34.8 Å². The highest BCUT2D eigenvalue weighted by molar-refractivity contribution is 6.35. The number of anilines is 1. The van der Waals surface area contributed by atoms with Crippen LogP contribution in [0.3, 0.4) is 0 Å². The first-order chi connectivity index (χ1) is 14.1. The normalized spacial score (nSPS) is 25.3. The predicted molar refractivity (Wildman–Crippen MR) is 116 cm³/mol. The molecular weight excluding hydrogens is 407 g/mol. The molecule has 0 aromatic heterocycles.